The second-order valence-electron chi connectivity index (χ2n) is 3.97. The van der Waals surface area contributed by atoms with Gasteiger partial charge >= 0.3 is 0 Å². The Kier molecular flexibility index (Phi) is 4.90. The normalized spacial score (nSPS) is 10.5. The molecule has 0 bridgehead atoms. The van der Waals surface area contributed by atoms with E-state index < -0.39 is 0 Å². The summed E-state index contributed by atoms with van der Waals surface area (Å²) in [7, 11) is 0. The molecule has 0 fully saturated rings. The first kappa shape index (κ1) is 13.2. The number of hydrogen-bond acceptors (Lipinski definition) is 4. The number of amides is 1. The van der Waals surface area contributed by atoms with E-state index >= 15 is 0 Å². The maximum Gasteiger partial charge on any atom is 0.263 e. The molecule has 0 radical (unpaired) electrons. The molecule has 0 aliphatic rings. The first-order chi connectivity index (χ1) is 8.81. The van der Waals surface area contributed by atoms with E-state index in [9.17, 15) is 4.79 Å². The van der Waals surface area contributed by atoms with Gasteiger partial charge in [-0.1, -0.05) is 25.8 Å². The van der Waals surface area contributed by atoms with Gasteiger partial charge in [-0.3, -0.25) is 4.79 Å². The number of rotatable bonds is 6. The molecule has 0 aliphatic carbocycles. The molecule has 0 atom stereocenters. The van der Waals surface area contributed by atoms with E-state index in [0.717, 1.165) is 29.3 Å². The number of carbonyl (C=O) groups is 1. The summed E-state index contributed by atoms with van der Waals surface area (Å²) in [5.74, 6) is -0.00795. The predicted molar refractivity (Wildman–Crippen MR) is 77.3 cm³/mol. The largest absolute Gasteiger partial charge is 0.351 e. The van der Waals surface area contributed by atoms with E-state index in [4.69, 9.17) is 0 Å². The van der Waals surface area contributed by atoms with Crippen LogP contribution in [0.25, 0.3) is 9.88 Å². The van der Waals surface area contributed by atoms with Crippen molar-refractivity contribution in [2.75, 3.05) is 6.54 Å². The van der Waals surface area contributed by atoms with Crippen LogP contribution in [0.15, 0.2) is 23.7 Å². The average Bonchev–Trinajstić information content (AvgIpc) is 3.03. The minimum Gasteiger partial charge on any atom is -0.351 e. The van der Waals surface area contributed by atoms with Crippen molar-refractivity contribution in [1.29, 1.82) is 0 Å². The van der Waals surface area contributed by atoms with Gasteiger partial charge < -0.3 is 5.32 Å². The molecule has 0 saturated carbocycles. The van der Waals surface area contributed by atoms with Crippen LogP contribution in [-0.2, 0) is 0 Å². The van der Waals surface area contributed by atoms with Crippen LogP contribution in [0.4, 0.5) is 0 Å². The smallest absolute Gasteiger partial charge is 0.263 e. The Morgan fingerprint density at radius 1 is 1.44 bits per heavy atom. The van der Waals surface area contributed by atoms with Crippen LogP contribution in [0.2, 0.25) is 0 Å². The summed E-state index contributed by atoms with van der Waals surface area (Å²) in [6.07, 6.45) is 5.02. The Morgan fingerprint density at radius 2 is 2.33 bits per heavy atom. The molecular formula is C13H16N2OS2. The third-order valence-corrected chi connectivity index (χ3v) is 4.56. The van der Waals surface area contributed by atoms with Crippen LogP contribution < -0.4 is 5.32 Å². The van der Waals surface area contributed by atoms with Crippen molar-refractivity contribution in [3.8, 4) is 9.88 Å². The fourth-order valence-electron chi connectivity index (χ4n) is 1.56. The zero-order chi connectivity index (χ0) is 12.8. The highest BCUT2D eigenvalue weighted by molar-refractivity contribution is 7.21. The highest BCUT2D eigenvalue weighted by Gasteiger charge is 2.11. The van der Waals surface area contributed by atoms with Gasteiger partial charge in [0.25, 0.3) is 5.91 Å². The molecule has 2 heterocycles. The Bertz CT molecular complexity index is 491. The standard InChI is InChI=1S/C13H16N2OS2/c1-2-3-4-7-14-12(16)11-9-15-13(18-11)10-6-5-8-17-10/h5-6,8-9H,2-4,7H2,1H3,(H,14,16). The van der Waals surface area contributed by atoms with Gasteiger partial charge in [-0.15, -0.1) is 22.7 Å². The van der Waals surface area contributed by atoms with Gasteiger partial charge in [-0.25, -0.2) is 4.98 Å². The quantitative estimate of drug-likeness (QED) is 0.818. The summed E-state index contributed by atoms with van der Waals surface area (Å²) in [4.78, 5) is 18.0. The number of thiazole rings is 1. The van der Waals surface area contributed by atoms with Crippen LogP contribution in [0, 0.1) is 0 Å². The first-order valence-electron chi connectivity index (χ1n) is 6.09. The SMILES string of the molecule is CCCCCNC(=O)c1cnc(-c2cccs2)s1. The first-order valence-corrected chi connectivity index (χ1v) is 7.78. The van der Waals surface area contributed by atoms with Crippen molar-refractivity contribution < 1.29 is 4.79 Å². The molecule has 0 unspecified atom stereocenters. The highest BCUT2D eigenvalue weighted by atomic mass is 32.1. The van der Waals surface area contributed by atoms with E-state index in [1.165, 1.54) is 17.8 Å². The fourth-order valence-corrected chi connectivity index (χ4v) is 3.19. The number of nitrogens with zero attached hydrogens (tertiary/aromatic N) is 1. The van der Waals surface area contributed by atoms with Gasteiger partial charge in [0.2, 0.25) is 0 Å². The lowest BCUT2D eigenvalue weighted by atomic mass is 10.2. The second-order valence-corrected chi connectivity index (χ2v) is 5.95. The van der Waals surface area contributed by atoms with Crippen LogP contribution in [-0.4, -0.2) is 17.4 Å². The Hall–Kier alpha value is -1.20. The fraction of sp³-hybridized carbons (Fsp3) is 0.385. The lowest BCUT2D eigenvalue weighted by Crippen LogP contribution is -2.23. The van der Waals surface area contributed by atoms with Gasteiger partial charge in [-0.05, 0) is 17.9 Å². The maximum atomic E-state index is 11.9. The maximum absolute atomic E-state index is 11.9. The van der Waals surface area contributed by atoms with Crippen molar-refractivity contribution >= 4 is 28.6 Å². The molecule has 1 amide bonds. The van der Waals surface area contributed by atoms with Crippen molar-refractivity contribution in [1.82, 2.24) is 10.3 Å². The van der Waals surface area contributed by atoms with Crippen molar-refractivity contribution in [2.24, 2.45) is 0 Å². The third kappa shape index (κ3) is 3.40. The topological polar surface area (TPSA) is 42.0 Å². The number of unbranched alkanes of at least 4 members (excludes halogenated alkanes) is 2. The lowest BCUT2D eigenvalue weighted by Gasteiger charge is -2.01. The van der Waals surface area contributed by atoms with E-state index in [1.807, 2.05) is 17.5 Å². The summed E-state index contributed by atoms with van der Waals surface area (Å²) < 4.78 is 0. The Labute approximate surface area is 115 Å². The summed E-state index contributed by atoms with van der Waals surface area (Å²) in [5.41, 5.74) is 0. The van der Waals surface area contributed by atoms with E-state index in [2.05, 4.69) is 17.2 Å². The molecule has 5 heteroatoms. The molecule has 2 aromatic rings. The zero-order valence-electron chi connectivity index (χ0n) is 10.3. The van der Waals surface area contributed by atoms with Gasteiger partial charge in [0.05, 0.1) is 11.1 Å². The summed E-state index contributed by atoms with van der Waals surface area (Å²) >= 11 is 3.09. The molecule has 1 N–H and O–H groups in total. The monoisotopic (exact) mass is 280 g/mol. The highest BCUT2D eigenvalue weighted by Crippen LogP contribution is 2.28. The van der Waals surface area contributed by atoms with Gasteiger partial charge in [-0.2, -0.15) is 0 Å². The van der Waals surface area contributed by atoms with E-state index in [-0.39, 0.29) is 5.91 Å². The van der Waals surface area contributed by atoms with E-state index in [1.54, 1.807) is 17.5 Å². The summed E-state index contributed by atoms with van der Waals surface area (Å²) in [6, 6.07) is 4.01. The number of aromatic nitrogens is 1. The summed E-state index contributed by atoms with van der Waals surface area (Å²) in [6.45, 7) is 2.90. The van der Waals surface area contributed by atoms with E-state index in [0.29, 0.717) is 4.88 Å². The lowest BCUT2D eigenvalue weighted by molar-refractivity contribution is 0.0957. The van der Waals surface area contributed by atoms with Crippen LogP contribution >= 0.6 is 22.7 Å². The van der Waals surface area contributed by atoms with Crippen LogP contribution in [0.1, 0.15) is 35.9 Å². The predicted octanol–water partition coefficient (Wildman–Crippen LogP) is 3.79. The number of hydrogen-bond donors (Lipinski definition) is 1. The molecule has 18 heavy (non-hydrogen) atoms. The van der Waals surface area contributed by atoms with Crippen molar-refractivity contribution in [3.63, 3.8) is 0 Å². The van der Waals surface area contributed by atoms with Gasteiger partial charge in [0.1, 0.15) is 9.88 Å². The molecule has 0 saturated heterocycles. The number of nitrogens with one attached hydrogen (secondary N) is 1. The van der Waals surface area contributed by atoms with Gasteiger partial charge in [0, 0.05) is 6.54 Å². The number of carbonyl (C=O) groups excluding carboxylic acids is 1. The van der Waals surface area contributed by atoms with Crippen molar-refractivity contribution in [3.05, 3.63) is 28.6 Å². The molecule has 0 spiro atoms. The number of thiophene rings is 1. The molecule has 0 aromatic carbocycles. The Balaban J connectivity index is 1.91. The Morgan fingerprint density at radius 3 is 3.06 bits per heavy atom. The van der Waals surface area contributed by atoms with Crippen molar-refractivity contribution in [2.45, 2.75) is 26.2 Å². The average molecular weight is 280 g/mol. The second kappa shape index (κ2) is 6.66. The zero-order valence-corrected chi connectivity index (χ0v) is 11.9. The van der Waals surface area contributed by atoms with Gasteiger partial charge in [0.15, 0.2) is 0 Å². The molecule has 2 rings (SSSR count). The van der Waals surface area contributed by atoms with Crippen LogP contribution in [0.5, 0.6) is 0 Å². The molecule has 0 aliphatic heterocycles. The minimum absolute atomic E-state index is 0.00795. The molecule has 3 nitrogen and oxygen atoms in total. The molecular weight excluding hydrogens is 264 g/mol. The third-order valence-electron chi connectivity index (χ3n) is 2.53. The van der Waals surface area contributed by atoms with Crippen LogP contribution in [0.3, 0.4) is 0 Å². The molecule has 2 aromatic heterocycles. The summed E-state index contributed by atoms with van der Waals surface area (Å²) in [5, 5.41) is 5.86. The minimum atomic E-state index is -0.00795. The molecule has 96 valence electrons.